The minimum absolute atomic E-state index is 0.341. The molecule has 0 unspecified atom stereocenters. The standard InChI is InChI=1S/C16H18FN5O/c1-2-15-19-16(23-20-15)11-21-5-7-22(8-6-21)14-4-3-12(10-18)9-13(14)17/h3-4,9H,2,5-8,11H2,1H3. The van der Waals surface area contributed by atoms with Crippen molar-refractivity contribution >= 4 is 5.69 Å². The molecule has 0 spiro atoms. The maximum atomic E-state index is 14.1. The molecule has 1 saturated heterocycles. The van der Waals surface area contributed by atoms with Crippen LogP contribution in [0.25, 0.3) is 0 Å². The number of benzene rings is 1. The van der Waals surface area contributed by atoms with Gasteiger partial charge in [-0.25, -0.2) is 4.39 Å². The van der Waals surface area contributed by atoms with E-state index in [1.165, 1.54) is 6.07 Å². The third-order valence-corrected chi connectivity index (χ3v) is 3.98. The van der Waals surface area contributed by atoms with Gasteiger partial charge in [-0.15, -0.1) is 0 Å². The molecule has 0 amide bonds. The van der Waals surface area contributed by atoms with Crippen LogP contribution < -0.4 is 4.90 Å². The second-order valence-electron chi connectivity index (χ2n) is 5.50. The number of aryl methyl sites for hydroxylation is 1. The highest BCUT2D eigenvalue weighted by Gasteiger charge is 2.21. The van der Waals surface area contributed by atoms with E-state index < -0.39 is 0 Å². The normalized spacial score (nSPS) is 15.6. The molecule has 2 aromatic rings. The van der Waals surface area contributed by atoms with Gasteiger partial charge in [-0.3, -0.25) is 4.90 Å². The highest BCUT2D eigenvalue weighted by Crippen LogP contribution is 2.22. The van der Waals surface area contributed by atoms with Crippen LogP contribution in [0.4, 0.5) is 10.1 Å². The van der Waals surface area contributed by atoms with E-state index in [4.69, 9.17) is 9.78 Å². The maximum Gasteiger partial charge on any atom is 0.240 e. The molecular formula is C16H18FN5O. The number of hydrogen-bond donors (Lipinski definition) is 0. The Morgan fingerprint density at radius 1 is 1.30 bits per heavy atom. The second-order valence-corrected chi connectivity index (χ2v) is 5.50. The van der Waals surface area contributed by atoms with Crippen LogP contribution >= 0.6 is 0 Å². The van der Waals surface area contributed by atoms with Crippen LogP contribution in [0.15, 0.2) is 22.7 Å². The minimum Gasteiger partial charge on any atom is -0.367 e. The van der Waals surface area contributed by atoms with Crippen molar-refractivity contribution in [3.8, 4) is 6.07 Å². The fraction of sp³-hybridized carbons (Fsp3) is 0.438. The fourth-order valence-corrected chi connectivity index (χ4v) is 2.67. The van der Waals surface area contributed by atoms with Crippen LogP contribution in [-0.2, 0) is 13.0 Å². The Balaban J connectivity index is 1.59. The molecule has 6 nitrogen and oxygen atoms in total. The Morgan fingerprint density at radius 3 is 2.70 bits per heavy atom. The zero-order chi connectivity index (χ0) is 16.2. The van der Waals surface area contributed by atoms with Gasteiger partial charge in [0.1, 0.15) is 5.82 Å². The van der Waals surface area contributed by atoms with Crippen LogP contribution in [0.3, 0.4) is 0 Å². The van der Waals surface area contributed by atoms with Gasteiger partial charge in [-0.1, -0.05) is 12.1 Å². The number of halogens is 1. The molecule has 0 saturated carbocycles. The number of piperazine rings is 1. The molecule has 23 heavy (non-hydrogen) atoms. The third kappa shape index (κ3) is 3.48. The average Bonchev–Trinajstić information content (AvgIpc) is 3.03. The molecule has 1 aliphatic rings. The maximum absolute atomic E-state index is 14.1. The topological polar surface area (TPSA) is 69.2 Å². The summed E-state index contributed by atoms with van der Waals surface area (Å²) < 4.78 is 19.3. The zero-order valence-corrected chi connectivity index (χ0v) is 13.0. The highest BCUT2D eigenvalue weighted by atomic mass is 19.1. The van der Waals surface area contributed by atoms with E-state index in [9.17, 15) is 4.39 Å². The summed E-state index contributed by atoms with van der Waals surface area (Å²) in [5.74, 6) is 1.00. The fourth-order valence-electron chi connectivity index (χ4n) is 2.67. The van der Waals surface area contributed by atoms with E-state index in [1.807, 2.05) is 17.9 Å². The summed E-state index contributed by atoms with van der Waals surface area (Å²) in [5.41, 5.74) is 0.891. The molecule has 7 heteroatoms. The van der Waals surface area contributed by atoms with Gasteiger partial charge in [-0.2, -0.15) is 10.2 Å². The number of nitriles is 1. The number of rotatable bonds is 4. The minimum atomic E-state index is -0.345. The first-order valence-corrected chi connectivity index (χ1v) is 7.68. The van der Waals surface area contributed by atoms with Crippen molar-refractivity contribution < 1.29 is 8.91 Å². The molecule has 3 rings (SSSR count). The Hall–Kier alpha value is -2.46. The molecule has 2 heterocycles. The quantitative estimate of drug-likeness (QED) is 0.859. The number of hydrogen-bond acceptors (Lipinski definition) is 6. The third-order valence-electron chi connectivity index (χ3n) is 3.98. The molecule has 1 fully saturated rings. The molecule has 0 atom stereocenters. The Morgan fingerprint density at radius 2 is 2.09 bits per heavy atom. The summed E-state index contributed by atoms with van der Waals surface area (Å²) in [7, 11) is 0. The average molecular weight is 315 g/mol. The SMILES string of the molecule is CCc1noc(CN2CCN(c3ccc(C#N)cc3F)CC2)n1. The molecule has 120 valence electrons. The summed E-state index contributed by atoms with van der Waals surface area (Å²) in [4.78, 5) is 8.52. The van der Waals surface area contributed by atoms with Crippen molar-refractivity contribution in [2.24, 2.45) is 0 Å². The monoisotopic (exact) mass is 315 g/mol. The van der Waals surface area contributed by atoms with E-state index >= 15 is 0 Å². The lowest BCUT2D eigenvalue weighted by Gasteiger charge is -2.35. The largest absolute Gasteiger partial charge is 0.367 e. The molecule has 0 radical (unpaired) electrons. The van der Waals surface area contributed by atoms with E-state index in [0.29, 0.717) is 23.7 Å². The Kier molecular flexibility index (Phi) is 4.53. The van der Waals surface area contributed by atoms with Crippen molar-refractivity contribution in [2.45, 2.75) is 19.9 Å². The highest BCUT2D eigenvalue weighted by molar-refractivity contribution is 5.51. The summed E-state index contributed by atoms with van der Waals surface area (Å²) >= 11 is 0. The first-order chi connectivity index (χ1) is 11.2. The van der Waals surface area contributed by atoms with Crippen molar-refractivity contribution in [2.75, 3.05) is 31.1 Å². The van der Waals surface area contributed by atoms with Crippen molar-refractivity contribution in [3.63, 3.8) is 0 Å². The van der Waals surface area contributed by atoms with Gasteiger partial charge in [0.05, 0.1) is 23.9 Å². The predicted octanol–water partition coefficient (Wildman–Crippen LogP) is 1.96. The molecule has 0 N–H and O–H groups in total. The van der Waals surface area contributed by atoms with E-state index in [0.717, 1.165) is 38.4 Å². The molecule has 0 bridgehead atoms. The summed E-state index contributed by atoms with van der Waals surface area (Å²) in [6.45, 7) is 5.64. The second kappa shape index (κ2) is 6.75. The van der Waals surface area contributed by atoms with Gasteiger partial charge < -0.3 is 9.42 Å². The van der Waals surface area contributed by atoms with Gasteiger partial charge in [0, 0.05) is 32.6 Å². The first kappa shape index (κ1) is 15.4. The molecule has 1 aromatic carbocycles. The van der Waals surface area contributed by atoms with Crippen molar-refractivity contribution in [1.29, 1.82) is 5.26 Å². The lowest BCUT2D eigenvalue weighted by molar-refractivity contribution is 0.215. The van der Waals surface area contributed by atoms with Crippen LogP contribution in [0, 0.1) is 17.1 Å². The zero-order valence-electron chi connectivity index (χ0n) is 13.0. The lowest BCUT2D eigenvalue weighted by atomic mass is 10.2. The molecule has 1 aromatic heterocycles. The van der Waals surface area contributed by atoms with Gasteiger partial charge in [0.15, 0.2) is 5.82 Å². The van der Waals surface area contributed by atoms with Gasteiger partial charge in [0.25, 0.3) is 0 Å². The van der Waals surface area contributed by atoms with Crippen LogP contribution in [0.1, 0.15) is 24.2 Å². The Bertz CT molecular complexity index is 716. The van der Waals surface area contributed by atoms with Crippen LogP contribution in [0.2, 0.25) is 0 Å². The van der Waals surface area contributed by atoms with Crippen LogP contribution in [0.5, 0.6) is 0 Å². The van der Waals surface area contributed by atoms with Crippen LogP contribution in [-0.4, -0.2) is 41.2 Å². The van der Waals surface area contributed by atoms with E-state index in [2.05, 4.69) is 15.0 Å². The molecule has 1 aliphatic heterocycles. The predicted molar refractivity (Wildman–Crippen MR) is 82.3 cm³/mol. The first-order valence-electron chi connectivity index (χ1n) is 7.68. The van der Waals surface area contributed by atoms with Gasteiger partial charge in [-0.05, 0) is 18.2 Å². The molecular weight excluding hydrogens is 297 g/mol. The summed E-state index contributed by atoms with van der Waals surface area (Å²) in [6.07, 6.45) is 0.759. The smallest absolute Gasteiger partial charge is 0.240 e. The molecule has 0 aliphatic carbocycles. The summed E-state index contributed by atoms with van der Waals surface area (Å²) in [6, 6.07) is 6.56. The summed E-state index contributed by atoms with van der Waals surface area (Å²) in [5, 5.41) is 12.7. The van der Waals surface area contributed by atoms with Crippen molar-refractivity contribution in [3.05, 3.63) is 41.3 Å². The van der Waals surface area contributed by atoms with Gasteiger partial charge in [0.2, 0.25) is 5.89 Å². The van der Waals surface area contributed by atoms with Crippen molar-refractivity contribution in [1.82, 2.24) is 15.0 Å². The number of anilines is 1. The number of aromatic nitrogens is 2. The Labute approximate surface area is 134 Å². The van der Waals surface area contributed by atoms with Gasteiger partial charge >= 0.3 is 0 Å². The lowest BCUT2D eigenvalue weighted by Crippen LogP contribution is -2.46. The van der Waals surface area contributed by atoms with E-state index in [1.54, 1.807) is 12.1 Å². The number of nitrogens with zero attached hydrogens (tertiary/aromatic N) is 5. The van der Waals surface area contributed by atoms with E-state index in [-0.39, 0.29) is 5.82 Å².